The highest BCUT2D eigenvalue weighted by Crippen LogP contribution is 2.42. The van der Waals surface area contributed by atoms with Gasteiger partial charge in [-0.15, -0.1) is 11.3 Å². The first-order valence-electron chi connectivity index (χ1n) is 8.51. The fraction of sp³-hybridized carbons (Fsp3) is 0.500. The number of hydrogen-bond donors (Lipinski definition) is 0. The summed E-state index contributed by atoms with van der Waals surface area (Å²) in [6, 6.07) is 6.24. The second kappa shape index (κ2) is 6.02. The number of fused-ring (bicyclic) bond motifs is 2. The molecule has 1 aromatic carbocycles. The van der Waals surface area contributed by atoms with Gasteiger partial charge < -0.3 is 14.2 Å². The van der Waals surface area contributed by atoms with Gasteiger partial charge in [0, 0.05) is 24.7 Å². The molecule has 3 aliphatic rings. The summed E-state index contributed by atoms with van der Waals surface area (Å²) in [5, 5.41) is 3.17. The lowest BCUT2D eigenvalue weighted by Gasteiger charge is -2.34. The molecule has 0 aliphatic carbocycles. The van der Waals surface area contributed by atoms with Crippen molar-refractivity contribution in [1.82, 2.24) is 9.88 Å². The summed E-state index contributed by atoms with van der Waals surface area (Å²) in [5.74, 6) is 2.39. The number of piperidine rings is 1. The average Bonchev–Trinajstić information content (AvgIpc) is 3.33. The van der Waals surface area contributed by atoms with Crippen LogP contribution in [0.25, 0.3) is 0 Å². The Morgan fingerprint density at radius 2 is 2.21 bits per heavy atom. The third kappa shape index (κ3) is 2.68. The number of aromatic nitrogens is 1. The molecule has 4 heterocycles. The molecule has 0 bridgehead atoms. The van der Waals surface area contributed by atoms with Crippen molar-refractivity contribution in [3.8, 4) is 11.5 Å². The Labute approximate surface area is 145 Å². The SMILES string of the molecule is c1csc([C@H]2C[C@H]3CCN(Cc4ccc5c(c4)OCO5)C[C@@H]3O2)n1. The monoisotopic (exact) mass is 344 g/mol. The van der Waals surface area contributed by atoms with E-state index in [9.17, 15) is 0 Å². The number of rotatable bonds is 3. The van der Waals surface area contributed by atoms with E-state index >= 15 is 0 Å². The van der Waals surface area contributed by atoms with Crippen LogP contribution in [0.1, 0.15) is 29.5 Å². The standard InChI is InChI=1S/C18H20N2O3S/c1-2-14-15(22-11-21-14)7-12(1)9-20-5-3-13-8-16(23-17(13)10-20)18-19-4-6-24-18/h1-2,4,6-7,13,16-17H,3,5,8-11H2/t13-,16-,17+/m1/s1. The van der Waals surface area contributed by atoms with E-state index in [1.54, 1.807) is 11.3 Å². The highest BCUT2D eigenvalue weighted by molar-refractivity contribution is 7.09. The second-order valence-corrected chi connectivity index (χ2v) is 7.67. The van der Waals surface area contributed by atoms with Crippen LogP contribution in [-0.4, -0.2) is 35.9 Å². The minimum absolute atomic E-state index is 0.200. The van der Waals surface area contributed by atoms with Gasteiger partial charge in [-0.05, 0) is 43.0 Å². The summed E-state index contributed by atoms with van der Waals surface area (Å²) < 4.78 is 17.2. The lowest BCUT2D eigenvalue weighted by atomic mass is 9.91. The van der Waals surface area contributed by atoms with E-state index in [1.165, 1.54) is 12.0 Å². The van der Waals surface area contributed by atoms with Crippen molar-refractivity contribution in [2.24, 2.45) is 5.92 Å². The summed E-state index contributed by atoms with van der Waals surface area (Å²) in [7, 11) is 0. The van der Waals surface area contributed by atoms with Gasteiger partial charge in [0.05, 0.1) is 6.10 Å². The molecule has 24 heavy (non-hydrogen) atoms. The largest absolute Gasteiger partial charge is 0.454 e. The minimum atomic E-state index is 0.200. The van der Waals surface area contributed by atoms with Gasteiger partial charge in [0.15, 0.2) is 11.5 Å². The van der Waals surface area contributed by atoms with Gasteiger partial charge in [0.2, 0.25) is 6.79 Å². The maximum Gasteiger partial charge on any atom is 0.231 e. The molecular formula is C18H20N2O3S. The quantitative estimate of drug-likeness (QED) is 0.855. The van der Waals surface area contributed by atoms with Gasteiger partial charge in [0.25, 0.3) is 0 Å². The molecule has 0 spiro atoms. The third-order valence-corrected chi connectivity index (χ3v) is 6.07. The maximum atomic E-state index is 6.31. The van der Waals surface area contributed by atoms with Crippen LogP contribution in [-0.2, 0) is 11.3 Å². The molecule has 0 amide bonds. The van der Waals surface area contributed by atoms with Crippen molar-refractivity contribution < 1.29 is 14.2 Å². The lowest BCUT2D eigenvalue weighted by molar-refractivity contribution is -0.00940. The molecule has 0 radical (unpaired) electrons. The highest BCUT2D eigenvalue weighted by Gasteiger charge is 2.40. The van der Waals surface area contributed by atoms with Gasteiger partial charge >= 0.3 is 0 Å². The first-order valence-corrected chi connectivity index (χ1v) is 9.39. The molecule has 2 fully saturated rings. The van der Waals surface area contributed by atoms with Crippen molar-refractivity contribution in [1.29, 1.82) is 0 Å². The summed E-state index contributed by atoms with van der Waals surface area (Å²) in [5.41, 5.74) is 1.27. The molecule has 2 saturated heterocycles. The Balaban J connectivity index is 1.24. The van der Waals surface area contributed by atoms with Gasteiger partial charge in [-0.25, -0.2) is 4.98 Å². The van der Waals surface area contributed by atoms with E-state index in [0.29, 0.717) is 18.8 Å². The number of hydrogen-bond acceptors (Lipinski definition) is 6. The van der Waals surface area contributed by atoms with E-state index in [4.69, 9.17) is 14.2 Å². The Bertz CT molecular complexity index is 721. The van der Waals surface area contributed by atoms with Gasteiger partial charge in [0.1, 0.15) is 11.1 Å². The van der Waals surface area contributed by atoms with Gasteiger partial charge in [-0.1, -0.05) is 6.07 Å². The lowest BCUT2D eigenvalue weighted by Crippen LogP contribution is -2.41. The smallest absolute Gasteiger partial charge is 0.231 e. The Morgan fingerprint density at radius 1 is 1.25 bits per heavy atom. The van der Waals surface area contributed by atoms with Crippen LogP contribution in [0.4, 0.5) is 0 Å². The molecule has 0 N–H and O–H groups in total. The predicted molar refractivity (Wildman–Crippen MR) is 90.3 cm³/mol. The molecule has 3 atom stereocenters. The van der Waals surface area contributed by atoms with Crippen LogP contribution >= 0.6 is 11.3 Å². The second-order valence-electron chi connectivity index (χ2n) is 6.74. The first-order chi connectivity index (χ1) is 11.8. The maximum absolute atomic E-state index is 6.31. The fourth-order valence-electron chi connectivity index (χ4n) is 3.99. The van der Waals surface area contributed by atoms with E-state index in [0.717, 1.165) is 42.6 Å². The molecule has 1 aromatic heterocycles. The number of ether oxygens (including phenoxy) is 3. The zero-order valence-corrected chi connectivity index (χ0v) is 14.2. The number of benzene rings is 1. The third-order valence-electron chi connectivity index (χ3n) is 5.21. The van der Waals surface area contributed by atoms with Crippen LogP contribution in [0.15, 0.2) is 29.8 Å². The number of thiazole rings is 1. The van der Waals surface area contributed by atoms with Gasteiger partial charge in [-0.2, -0.15) is 0 Å². The fourth-order valence-corrected chi connectivity index (χ4v) is 4.67. The molecule has 2 aromatic rings. The molecule has 0 unspecified atom stereocenters. The average molecular weight is 344 g/mol. The molecule has 3 aliphatic heterocycles. The first kappa shape index (κ1) is 14.7. The van der Waals surface area contributed by atoms with Crippen LogP contribution in [0, 0.1) is 5.92 Å². The topological polar surface area (TPSA) is 43.8 Å². The minimum Gasteiger partial charge on any atom is -0.454 e. The van der Waals surface area contributed by atoms with E-state index in [-0.39, 0.29) is 6.10 Å². The highest BCUT2D eigenvalue weighted by atomic mass is 32.1. The number of nitrogens with zero attached hydrogens (tertiary/aromatic N) is 2. The Hall–Kier alpha value is -1.63. The van der Waals surface area contributed by atoms with Crippen molar-refractivity contribution in [2.75, 3.05) is 19.9 Å². The number of likely N-dealkylation sites (tertiary alicyclic amines) is 1. The van der Waals surface area contributed by atoms with Crippen LogP contribution < -0.4 is 9.47 Å². The van der Waals surface area contributed by atoms with Crippen LogP contribution in [0.3, 0.4) is 0 Å². The zero-order chi connectivity index (χ0) is 15.9. The summed E-state index contributed by atoms with van der Waals surface area (Å²) in [4.78, 5) is 6.92. The normalized spacial score (nSPS) is 28.9. The van der Waals surface area contributed by atoms with Crippen LogP contribution in [0.5, 0.6) is 11.5 Å². The van der Waals surface area contributed by atoms with Crippen molar-refractivity contribution in [3.05, 3.63) is 40.3 Å². The summed E-state index contributed by atoms with van der Waals surface area (Å²) in [6.45, 7) is 3.40. The van der Waals surface area contributed by atoms with Gasteiger partial charge in [-0.3, -0.25) is 4.90 Å². The van der Waals surface area contributed by atoms with E-state index in [1.807, 2.05) is 17.6 Å². The molecular weight excluding hydrogens is 324 g/mol. The Morgan fingerprint density at radius 3 is 3.12 bits per heavy atom. The van der Waals surface area contributed by atoms with Crippen LogP contribution in [0.2, 0.25) is 0 Å². The Kier molecular flexibility index (Phi) is 3.69. The van der Waals surface area contributed by atoms with Crippen molar-refractivity contribution in [3.63, 3.8) is 0 Å². The summed E-state index contributed by atoms with van der Waals surface area (Å²) in [6.07, 6.45) is 4.73. The molecule has 5 nitrogen and oxygen atoms in total. The van der Waals surface area contributed by atoms with Crippen molar-refractivity contribution >= 4 is 11.3 Å². The van der Waals surface area contributed by atoms with Crippen molar-refractivity contribution in [2.45, 2.75) is 31.6 Å². The summed E-state index contributed by atoms with van der Waals surface area (Å²) >= 11 is 1.70. The molecule has 0 saturated carbocycles. The molecule has 126 valence electrons. The predicted octanol–water partition coefficient (Wildman–Crippen LogP) is 3.22. The van der Waals surface area contributed by atoms with E-state index < -0.39 is 0 Å². The molecule has 5 rings (SSSR count). The van der Waals surface area contributed by atoms with E-state index in [2.05, 4.69) is 22.0 Å². The molecule has 6 heteroatoms. The zero-order valence-electron chi connectivity index (χ0n) is 13.4.